The van der Waals surface area contributed by atoms with Gasteiger partial charge in [0.25, 0.3) is 5.56 Å². The molecule has 1 aliphatic carbocycles. The van der Waals surface area contributed by atoms with E-state index in [0.29, 0.717) is 16.8 Å². The highest BCUT2D eigenvalue weighted by molar-refractivity contribution is 5.96. The van der Waals surface area contributed by atoms with Crippen LogP contribution in [-0.2, 0) is 0 Å². The van der Waals surface area contributed by atoms with Crippen LogP contribution in [-0.4, -0.2) is 21.4 Å². The predicted octanol–water partition coefficient (Wildman–Crippen LogP) is 5.18. The maximum atomic E-state index is 11.5. The maximum absolute atomic E-state index is 11.5. The average molecular weight is 475 g/mol. The summed E-state index contributed by atoms with van der Waals surface area (Å²) in [6.07, 6.45) is 11.0. The monoisotopic (exact) mass is 474 g/mol. The number of carbonyl (C=O) groups excluding carboxylic acids is 2. The second-order valence-corrected chi connectivity index (χ2v) is 7.73. The Morgan fingerprint density at radius 1 is 0.771 bits per heavy atom. The number of hydrogen-bond acceptors (Lipinski definition) is 3. The number of aromatic amines is 1. The SMILES string of the molecule is C1CCCC1.CC.NC(=O)c1ccc(-n2ccccc2=O)cc1.NC(=O)c1ccc2cc[nH]c2c1. The van der Waals surface area contributed by atoms with Crippen molar-refractivity contribution in [2.45, 2.75) is 46.0 Å². The van der Waals surface area contributed by atoms with Crippen molar-refractivity contribution in [2.24, 2.45) is 11.5 Å². The van der Waals surface area contributed by atoms with Crippen LogP contribution in [0.2, 0.25) is 0 Å². The molecule has 0 spiro atoms. The number of primary amides is 2. The molecule has 2 aromatic heterocycles. The molecule has 184 valence electrons. The average Bonchev–Trinajstić information content (AvgIpc) is 3.61. The van der Waals surface area contributed by atoms with E-state index in [9.17, 15) is 14.4 Å². The van der Waals surface area contributed by atoms with E-state index < -0.39 is 11.8 Å². The standard InChI is InChI=1S/C12H10N2O2.C9H8N2O.C5H10.C2H6/c13-12(16)9-4-6-10(7-5-9)14-8-2-1-3-11(14)15;10-9(12)7-2-1-6-3-4-11-8(6)5-7;1-2-4-5-3-1;1-2/h1-8H,(H2,13,16);1-5,11H,(H2,10,12);1-5H2;1-2H3. The van der Waals surface area contributed by atoms with Gasteiger partial charge in [-0.2, -0.15) is 0 Å². The van der Waals surface area contributed by atoms with E-state index in [1.807, 2.05) is 32.2 Å². The Balaban J connectivity index is 0.000000199. The van der Waals surface area contributed by atoms with Crippen LogP contribution in [0.3, 0.4) is 0 Å². The summed E-state index contributed by atoms with van der Waals surface area (Å²) in [6, 6.07) is 18.8. The Bertz CT molecular complexity index is 1260. The molecule has 1 aliphatic rings. The van der Waals surface area contributed by atoms with Crippen molar-refractivity contribution < 1.29 is 9.59 Å². The van der Waals surface area contributed by atoms with E-state index in [1.54, 1.807) is 54.7 Å². The smallest absolute Gasteiger partial charge is 0.255 e. The summed E-state index contributed by atoms with van der Waals surface area (Å²) in [5.74, 6) is -0.876. The maximum Gasteiger partial charge on any atom is 0.255 e. The first-order valence-electron chi connectivity index (χ1n) is 11.9. The molecule has 0 saturated heterocycles. The summed E-state index contributed by atoms with van der Waals surface area (Å²) in [6.45, 7) is 4.00. The lowest BCUT2D eigenvalue weighted by atomic mass is 10.1. The van der Waals surface area contributed by atoms with Gasteiger partial charge in [0.2, 0.25) is 11.8 Å². The second kappa shape index (κ2) is 14.2. The molecule has 0 radical (unpaired) electrons. The molecule has 5 N–H and O–H groups in total. The van der Waals surface area contributed by atoms with Crippen LogP contribution < -0.4 is 17.0 Å². The molecule has 5 rings (SSSR count). The van der Waals surface area contributed by atoms with Crippen molar-refractivity contribution in [3.63, 3.8) is 0 Å². The predicted molar refractivity (Wildman–Crippen MR) is 142 cm³/mol. The van der Waals surface area contributed by atoms with Crippen LogP contribution in [0.15, 0.2) is 83.9 Å². The molecule has 4 aromatic rings. The van der Waals surface area contributed by atoms with E-state index in [1.165, 1.54) is 42.7 Å². The number of amides is 2. The highest BCUT2D eigenvalue weighted by Gasteiger charge is 2.02. The Morgan fingerprint density at radius 3 is 1.89 bits per heavy atom. The number of nitrogens with two attached hydrogens (primary N) is 2. The summed E-state index contributed by atoms with van der Waals surface area (Å²) in [4.78, 5) is 36.2. The van der Waals surface area contributed by atoms with Crippen LogP contribution in [0.25, 0.3) is 16.6 Å². The van der Waals surface area contributed by atoms with Crippen molar-refractivity contribution in [3.8, 4) is 5.69 Å². The second-order valence-electron chi connectivity index (χ2n) is 7.73. The first kappa shape index (κ1) is 27.1. The molecule has 7 nitrogen and oxygen atoms in total. The molecule has 35 heavy (non-hydrogen) atoms. The van der Waals surface area contributed by atoms with Gasteiger partial charge in [0, 0.05) is 40.8 Å². The van der Waals surface area contributed by atoms with Gasteiger partial charge in [-0.3, -0.25) is 19.0 Å². The Kier molecular flexibility index (Phi) is 11.0. The zero-order valence-electron chi connectivity index (χ0n) is 20.4. The van der Waals surface area contributed by atoms with Crippen molar-refractivity contribution in [1.82, 2.24) is 9.55 Å². The van der Waals surface area contributed by atoms with Gasteiger partial charge in [0.1, 0.15) is 0 Å². The van der Waals surface area contributed by atoms with Gasteiger partial charge in [0.05, 0.1) is 0 Å². The van der Waals surface area contributed by atoms with Crippen LogP contribution >= 0.6 is 0 Å². The van der Waals surface area contributed by atoms with E-state index in [0.717, 1.165) is 10.9 Å². The van der Waals surface area contributed by atoms with Gasteiger partial charge in [-0.15, -0.1) is 0 Å². The molecule has 2 aromatic carbocycles. The van der Waals surface area contributed by atoms with Gasteiger partial charge in [-0.1, -0.05) is 58.1 Å². The molecule has 1 saturated carbocycles. The first-order chi connectivity index (χ1) is 17.0. The summed E-state index contributed by atoms with van der Waals surface area (Å²) in [5, 5.41) is 1.08. The Hall–Kier alpha value is -4.13. The van der Waals surface area contributed by atoms with E-state index in [2.05, 4.69) is 4.98 Å². The molecule has 0 aliphatic heterocycles. The number of H-pyrrole nitrogens is 1. The Morgan fingerprint density at radius 2 is 1.34 bits per heavy atom. The fourth-order valence-corrected chi connectivity index (χ4v) is 3.51. The normalized spacial score (nSPS) is 11.7. The lowest BCUT2D eigenvalue weighted by Gasteiger charge is -2.04. The van der Waals surface area contributed by atoms with Crippen LogP contribution in [0.5, 0.6) is 0 Å². The zero-order chi connectivity index (χ0) is 25.6. The third-order valence-corrected chi connectivity index (χ3v) is 5.34. The number of nitrogens with zero attached hydrogens (tertiary/aromatic N) is 1. The van der Waals surface area contributed by atoms with Gasteiger partial charge < -0.3 is 16.5 Å². The molecule has 2 heterocycles. The molecular formula is C28H34N4O3. The fourth-order valence-electron chi connectivity index (χ4n) is 3.51. The quantitative estimate of drug-likeness (QED) is 0.379. The van der Waals surface area contributed by atoms with Crippen LogP contribution in [0.1, 0.15) is 66.7 Å². The molecular weight excluding hydrogens is 440 g/mol. The van der Waals surface area contributed by atoms with Gasteiger partial charge in [-0.25, -0.2) is 0 Å². The highest BCUT2D eigenvalue weighted by Crippen LogP contribution is 2.15. The molecule has 0 unspecified atom stereocenters. The van der Waals surface area contributed by atoms with Crippen molar-refractivity contribution >= 4 is 22.7 Å². The van der Waals surface area contributed by atoms with Crippen molar-refractivity contribution in [3.05, 3.63) is 101 Å². The molecule has 7 heteroatoms. The molecule has 2 amide bonds. The number of aromatic nitrogens is 2. The highest BCUT2D eigenvalue weighted by atomic mass is 16.1. The molecule has 0 bridgehead atoms. The fraction of sp³-hybridized carbons (Fsp3) is 0.250. The van der Waals surface area contributed by atoms with Crippen molar-refractivity contribution in [1.29, 1.82) is 0 Å². The summed E-state index contributed by atoms with van der Waals surface area (Å²) in [7, 11) is 0. The minimum Gasteiger partial charge on any atom is -0.366 e. The number of pyridine rings is 1. The number of rotatable bonds is 3. The van der Waals surface area contributed by atoms with Gasteiger partial charge in [0.15, 0.2) is 0 Å². The van der Waals surface area contributed by atoms with E-state index in [4.69, 9.17) is 11.5 Å². The van der Waals surface area contributed by atoms with Crippen molar-refractivity contribution in [2.75, 3.05) is 0 Å². The largest absolute Gasteiger partial charge is 0.366 e. The number of carbonyl (C=O) groups is 2. The number of hydrogen-bond donors (Lipinski definition) is 3. The lowest BCUT2D eigenvalue weighted by Crippen LogP contribution is -2.16. The van der Waals surface area contributed by atoms with Crippen LogP contribution in [0.4, 0.5) is 0 Å². The summed E-state index contributed by atoms with van der Waals surface area (Å²) in [5.41, 5.74) is 12.7. The van der Waals surface area contributed by atoms with Gasteiger partial charge in [-0.05, 0) is 53.9 Å². The van der Waals surface area contributed by atoms with Crippen LogP contribution in [0, 0.1) is 0 Å². The Labute approximate surface area is 205 Å². The van der Waals surface area contributed by atoms with Gasteiger partial charge >= 0.3 is 0 Å². The minimum absolute atomic E-state index is 0.116. The zero-order valence-corrected chi connectivity index (χ0v) is 20.4. The number of nitrogens with one attached hydrogen (secondary N) is 1. The lowest BCUT2D eigenvalue weighted by molar-refractivity contribution is 0.0992. The first-order valence-corrected chi connectivity index (χ1v) is 11.9. The molecule has 1 fully saturated rings. The topological polar surface area (TPSA) is 124 Å². The van der Waals surface area contributed by atoms with E-state index in [-0.39, 0.29) is 5.56 Å². The number of benzene rings is 2. The molecule has 0 atom stereocenters. The van der Waals surface area contributed by atoms with E-state index >= 15 is 0 Å². The summed E-state index contributed by atoms with van der Waals surface area (Å²) < 4.78 is 1.49. The third kappa shape index (κ3) is 8.30. The number of fused-ring (bicyclic) bond motifs is 1. The summed E-state index contributed by atoms with van der Waals surface area (Å²) >= 11 is 0. The minimum atomic E-state index is -0.480. The third-order valence-electron chi connectivity index (χ3n) is 5.34.